The summed E-state index contributed by atoms with van der Waals surface area (Å²) in [6, 6.07) is -0.150. The monoisotopic (exact) mass is 300 g/mol. The maximum absolute atomic E-state index is 12.2. The number of aliphatic hydroxyl groups excluding tert-OH is 1. The SMILES string of the molecule is COCC(CCO)NC(=O)C1CCN(C(=O)C(C)C)CC1. The Balaban J connectivity index is 2.42. The van der Waals surface area contributed by atoms with Crippen molar-refractivity contribution in [1.82, 2.24) is 10.2 Å². The van der Waals surface area contributed by atoms with Gasteiger partial charge in [-0.3, -0.25) is 9.59 Å². The topological polar surface area (TPSA) is 78.9 Å². The van der Waals surface area contributed by atoms with Crippen LogP contribution in [-0.4, -0.2) is 61.3 Å². The third kappa shape index (κ3) is 5.63. The summed E-state index contributed by atoms with van der Waals surface area (Å²) < 4.78 is 5.04. The molecule has 0 radical (unpaired) electrons. The van der Waals surface area contributed by atoms with Gasteiger partial charge in [-0.05, 0) is 19.3 Å². The maximum Gasteiger partial charge on any atom is 0.225 e. The molecule has 0 saturated carbocycles. The zero-order chi connectivity index (χ0) is 15.8. The number of methoxy groups -OCH3 is 1. The molecule has 1 heterocycles. The van der Waals surface area contributed by atoms with Crippen molar-refractivity contribution in [1.29, 1.82) is 0 Å². The fraction of sp³-hybridized carbons (Fsp3) is 0.867. The minimum absolute atomic E-state index is 0.00199. The van der Waals surface area contributed by atoms with Crippen LogP contribution in [0.25, 0.3) is 0 Å². The maximum atomic E-state index is 12.2. The molecule has 1 saturated heterocycles. The number of aliphatic hydroxyl groups is 1. The van der Waals surface area contributed by atoms with Crippen LogP contribution in [0.5, 0.6) is 0 Å². The Hall–Kier alpha value is -1.14. The van der Waals surface area contributed by atoms with E-state index in [1.165, 1.54) is 0 Å². The van der Waals surface area contributed by atoms with Crippen molar-refractivity contribution in [3.8, 4) is 0 Å². The molecule has 6 nitrogen and oxygen atoms in total. The summed E-state index contributed by atoms with van der Waals surface area (Å²) in [6.07, 6.45) is 1.89. The van der Waals surface area contributed by atoms with Gasteiger partial charge >= 0.3 is 0 Å². The lowest BCUT2D eigenvalue weighted by Crippen LogP contribution is -2.47. The highest BCUT2D eigenvalue weighted by molar-refractivity contribution is 5.81. The van der Waals surface area contributed by atoms with Crippen LogP contribution in [-0.2, 0) is 14.3 Å². The smallest absolute Gasteiger partial charge is 0.225 e. The molecule has 21 heavy (non-hydrogen) atoms. The summed E-state index contributed by atoms with van der Waals surface area (Å²) in [6.45, 7) is 5.50. The first kappa shape index (κ1) is 17.9. The highest BCUT2D eigenvalue weighted by atomic mass is 16.5. The van der Waals surface area contributed by atoms with Gasteiger partial charge in [-0.15, -0.1) is 0 Å². The predicted molar refractivity (Wildman–Crippen MR) is 79.7 cm³/mol. The minimum atomic E-state index is -0.150. The Morgan fingerprint density at radius 1 is 1.33 bits per heavy atom. The van der Waals surface area contributed by atoms with Crippen molar-refractivity contribution in [2.24, 2.45) is 11.8 Å². The largest absolute Gasteiger partial charge is 0.396 e. The second kappa shape index (κ2) is 9.00. The second-order valence-corrected chi connectivity index (χ2v) is 5.93. The molecule has 2 amide bonds. The molecule has 0 aromatic rings. The van der Waals surface area contributed by atoms with E-state index in [2.05, 4.69) is 5.32 Å². The van der Waals surface area contributed by atoms with Crippen LogP contribution in [0.4, 0.5) is 0 Å². The molecule has 0 bridgehead atoms. The van der Waals surface area contributed by atoms with Crippen LogP contribution < -0.4 is 5.32 Å². The van der Waals surface area contributed by atoms with Gasteiger partial charge in [0.25, 0.3) is 0 Å². The number of likely N-dealkylation sites (tertiary alicyclic amines) is 1. The van der Waals surface area contributed by atoms with Crippen LogP contribution in [0.1, 0.15) is 33.1 Å². The van der Waals surface area contributed by atoms with Crippen molar-refractivity contribution >= 4 is 11.8 Å². The lowest BCUT2D eigenvalue weighted by molar-refractivity contribution is -0.138. The molecule has 2 N–H and O–H groups in total. The fourth-order valence-electron chi connectivity index (χ4n) is 2.60. The fourth-order valence-corrected chi connectivity index (χ4v) is 2.60. The number of nitrogens with zero attached hydrogens (tertiary/aromatic N) is 1. The number of piperidine rings is 1. The molecule has 6 heteroatoms. The standard InChI is InChI=1S/C15H28N2O4/c1-11(2)15(20)17-7-4-12(5-8-17)14(19)16-13(6-9-18)10-21-3/h11-13,18H,4-10H2,1-3H3,(H,16,19). The van der Waals surface area contributed by atoms with Gasteiger partial charge in [0.15, 0.2) is 0 Å². The molecule has 1 unspecified atom stereocenters. The second-order valence-electron chi connectivity index (χ2n) is 5.93. The van der Waals surface area contributed by atoms with Crippen LogP contribution in [0.3, 0.4) is 0 Å². The first-order chi connectivity index (χ1) is 9.99. The molecule has 1 aliphatic rings. The zero-order valence-corrected chi connectivity index (χ0v) is 13.3. The van der Waals surface area contributed by atoms with E-state index in [0.717, 1.165) is 0 Å². The van der Waals surface area contributed by atoms with Crippen molar-refractivity contribution in [2.75, 3.05) is 33.4 Å². The Kier molecular flexibility index (Phi) is 7.67. The highest BCUT2D eigenvalue weighted by Crippen LogP contribution is 2.19. The molecule has 0 aliphatic carbocycles. The van der Waals surface area contributed by atoms with Crippen LogP contribution in [0.15, 0.2) is 0 Å². The van der Waals surface area contributed by atoms with E-state index in [0.29, 0.717) is 39.0 Å². The lowest BCUT2D eigenvalue weighted by Gasteiger charge is -2.33. The van der Waals surface area contributed by atoms with E-state index < -0.39 is 0 Å². The van der Waals surface area contributed by atoms with Crippen molar-refractivity contribution in [2.45, 2.75) is 39.2 Å². The van der Waals surface area contributed by atoms with Gasteiger partial charge in [0.05, 0.1) is 12.6 Å². The lowest BCUT2D eigenvalue weighted by atomic mass is 9.94. The van der Waals surface area contributed by atoms with E-state index in [-0.39, 0.29) is 36.3 Å². The Bertz CT molecular complexity index is 333. The number of amides is 2. The van der Waals surface area contributed by atoms with E-state index in [4.69, 9.17) is 9.84 Å². The molecule has 0 aromatic carbocycles. The Morgan fingerprint density at radius 2 is 1.95 bits per heavy atom. The minimum Gasteiger partial charge on any atom is -0.396 e. The molecule has 0 aromatic heterocycles. The normalized spacial score (nSPS) is 17.9. The number of rotatable bonds is 7. The summed E-state index contributed by atoms with van der Waals surface area (Å²) in [7, 11) is 1.58. The van der Waals surface area contributed by atoms with Gasteiger partial charge < -0.3 is 20.1 Å². The summed E-state index contributed by atoms with van der Waals surface area (Å²) in [4.78, 5) is 26.0. The molecular formula is C15H28N2O4. The predicted octanol–water partition coefficient (Wildman–Crippen LogP) is 0.395. The summed E-state index contributed by atoms with van der Waals surface area (Å²) in [5.74, 6) is 0.110. The van der Waals surface area contributed by atoms with Gasteiger partial charge in [-0.1, -0.05) is 13.8 Å². The first-order valence-electron chi connectivity index (χ1n) is 7.68. The third-order valence-electron chi connectivity index (χ3n) is 3.86. The van der Waals surface area contributed by atoms with E-state index >= 15 is 0 Å². The number of hydrogen-bond acceptors (Lipinski definition) is 4. The summed E-state index contributed by atoms with van der Waals surface area (Å²) in [5.41, 5.74) is 0. The summed E-state index contributed by atoms with van der Waals surface area (Å²) >= 11 is 0. The van der Waals surface area contributed by atoms with Crippen molar-refractivity contribution in [3.63, 3.8) is 0 Å². The van der Waals surface area contributed by atoms with Crippen LogP contribution in [0, 0.1) is 11.8 Å². The average Bonchev–Trinajstić information content (AvgIpc) is 2.47. The van der Waals surface area contributed by atoms with Gasteiger partial charge in [0.1, 0.15) is 0 Å². The van der Waals surface area contributed by atoms with Gasteiger partial charge in [-0.2, -0.15) is 0 Å². The van der Waals surface area contributed by atoms with Gasteiger partial charge in [-0.25, -0.2) is 0 Å². The van der Waals surface area contributed by atoms with Gasteiger partial charge in [0, 0.05) is 38.6 Å². The van der Waals surface area contributed by atoms with Crippen molar-refractivity contribution < 1.29 is 19.4 Å². The molecule has 1 fully saturated rings. The average molecular weight is 300 g/mol. The molecule has 1 atom stereocenters. The zero-order valence-electron chi connectivity index (χ0n) is 13.3. The number of hydrogen-bond donors (Lipinski definition) is 2. The first-order valence-corrected chi connectivity index (χ1v) is 7.68. The van der Waals surface area contributed by atoms with Crippen LogP contribution in [0.2, 0.25) is 0 Å². The summed E-state index contributed by atoms with van der Waals surface area (Å²) in [5, 5.41) is 11.9. The number of ether oxygens (including phenoxy) is 1. The highest BCUT2D eigenvalue weighted by Gasteiger charge is 2.29. The Morgan fingerprint density at radius 3 is 2.43 bits per heavy atom. The Labute approximate surface area is 126 Å². The van der Waals surface area contributed by atoms with E-state index in [9.17, 15) is 9.59 Å². The van der Waals surface area contributed by atoms with Crippen LogP contribution >= 0.6 is 0 Å². The molecule has 1 aliphatic heterocycles. The van der Waals surface area contributed by atoms with Gasteiger partial charge in [0.2, 0.25) is 11.8 Å². The van der Waals surface area contributed by atoms with Crippen molar-refractivity contribution in [3.05, 3.63) is 0 Å². The number of nitrogens with one attached hydrogen (secondary N) is 1. The molecule has 0 spiro atoms. The molecular weight excluding hydrogens is 272 g/mol. The number of carbonyl (C=O) groups excluding carboxylic acids is 2. The third-order valence-corrected chi connectivity index (χ3v) is 3.86. The quantitative estimate of drug-likeness (QED) is 0.713. The van der Waals surface area contributed by atoms with E-state index in [1.807, 2.05) is 18.7 Å². The molecule has 122 valence electrons. The van der Waals surface area contributed by atoms with E-state index in [1.54, 1.807) is 7.11 Å². The molecule has 1 rings (SSSR count). The number of carbonyl (C=O) groups is 2.